The van der Waals surface area contributed by atoms with E-state index in [1.165, 1.54) is 6.20 Å². The quantitative estimate of drug-likeness (QED) is 0.224. The fourth-order valence-electron chi connectivity index (χ4n) is 4.60. The van der Waals surface area contributed by atoms with Crippen molar-refractivity contribution in [1.29, 1.82) is 0 Å². The van der Waals surface area contributed by atoms with Crippen LogP contribution in [0.4, 0.5) is 24.8 Å². The molecule has 3 aromatic carbocycles. The largest absolute Gasteiger partial charge is 0.416 e. The van der Waals surface area contributed by atoms with E-state index >= 15 is 0 Å². The summed E-state index contributed by atoms with van der Waals surface area (Å²) in [4.78, 5) is 8.83. The van der Waals surface area contributed by atoms with Crippen LogP contribution in [0, 0.1) is 6.92 Å². The molecule has 1 N–H and O–H groups in total. The average Bonchev–Trinajstić information content (AvgIpc) is 3.61. The highest BCUT2D eigenvalue weighted by Gasteiger charge is 2.31. The van der Waals surface area contributed by atoms with Gasteiger partial charge >= 0.3 is 6.18 Å². The number of rotatable bonds is 7. The number of halogens is 3. The molecule has 0 atom stereocenters. The van der Waals surface area contributed by atoms with Gasteiger partial charge in [0.2, 0.25) is 5.95 Å². The summed E-state index contributed by atoms with van der Waals surface area (Å²) >= 11 is 0. The van der Waals surface area contributed by atoms with Crippen LogP contribution in [0.1, 0.15) is 16.7 Å². The van der Waals surface area contributed by atoms with Crippen molar-refractivity contribution in [3.63, 3.8) is 0 Å². The molecule has 212 valence electrons. The van der Waals surface area contributed by atoms with Crippen molar-refractivity contribution < 1.29 is 21.6 Å². The van der Waals surface area contributed by atoms with Crippen molar-refractivity contribution >= 4 is 32.6 Å². The number of anilines is 2. The molecule has 0 spiro atoms. The zero-order chi connectivity index (χ0) is 29.5. The summed E-state index contributed by atoms with van der Waals surface area (Å²) in [5.74, 6) is 0.350. The lowest BCUT2D eigenvalue weighted by atomic mass is 10.1. The van der Waals surface area contributed by atoms with Crippen LogP contribution in [0.5, 0.6) is 0 Å². The molecule has 0 aliphatic rings. The van der Waals surface area contributed by atoms with E-state index in [9.17, 15) is 21.6 Å². The van der Waals surface area contributed by atoms with Crippen molar-refractivity contribution in [2.24, 2.45) is 0 Å². The van der Waals surface area contributed by atoms with Crippen LogP contribution in [0.15, 0.2) is 109 Å². The number of nitrogens with zero attached hydrogens (tertiary/aromatic N) is 5. The maximum Gasteiger partial charge on any atom is 0.416 e. The van der Waals surface area contributed by atoms with E-state index in [2.05, 4.69) is 20.4 Å². The van der Waals surface area contributed by atoms with Gasteiger partial charge in [0.15, 0.2) is 0 Å². The van der Waals surface area contributed by atoms with Crippen LogP contribution < -0.4 is 5.32 Å². The maximum absolute atomic E-state index is 13.2. The van der Waals surface area contributed by atoms with E-state index in [1.54, 1.807) is 36.7 Å². The van der Waals surface area contributed by atoms with Gasteiger partial charge in [-0.15, -0.1) is 0 Å². The Morgan fingerprint density at radius 3 is 2.43 bits per heavy atom. The second-order valence-electron chi connectivity index (χ2n) is 9.67. The number of aryl methyl sites for hydroxylation is 1. The molecule has 42 heavy (non-hydrogen) atoms. The minimum atomic E-state index is -4.56. The third kappa shape index (κ3) is 5.36. The summed E-state index contributed by atoms with van der Waals surface area (Å²) in [5.41, 5.74) is 3.65. The molecular formula is C30H23F3N6O2S. The molecule has 3 heterocycles. The van der Waals surface area contributed by atoms with Crippen molar-refractivity contribution in [3.05, 3.63) is 120 Å². The van der Waals surface area contributed by atoms with E-state index < -0.39 is 21.8 Å². The molecule has 8 nitrogen and oxygen atoms in total. The van der Waals surface area contributed by atoms with Gasteiger partial charge in [0.05, 0.1) is 34.4 Å². The predicted molar refractivity (Wildman–Crippen MR) is 153 cm³/mol. The Morgan fingerprint density at radius 1 is 0.929 bits per heavy atom. The fraction of sp³-hybridized carbons (Fsp3) is 0.100. The molecule has 0 fully saturated rings. The molecule has 0 saturated carbocycles. The molecule has 0 bridgehead atoms. The van der Waals surface area contributed by atoms with Gasteiger partial charge in [-0.2, -0.15) is 18.3 Å². The summed E-state index contributed by atoms with van der Waals surface area (Å²) in [6.07, 6.45) is 2.21. The molecule has 0 unspecified atom stereocenters. The number of nitrogens with one attached hydrogen (secondary N) is 1. The molecular weight excluding hydrogens is 565 g/mol. The Labute approximate surface area is 239 Å². The standard InChI is InChI=1S/C30H23F3N6O2S/c1-20-16-34-29(37-28(20)23-17-35-38(19-23)18-21-5-3-2-4-6-21)36-25-9-12-27-22(15-25)13-14-39(27)42(40,41)26-10-7-24(8-11-26)30(31,32)33/h2-17,19H,18H2,1H3,(H,34,36,37). The maximum atomic E-state index is 13.2. The van der Waals surface area contributed by atoms with Gasteiger partial charge in [-0.1, -0.05) is 30.3 Å². The average molecular weight is 589 g/mol. The summed E-state index contributed by atoms with van der Waals surface area (Å²) < 4.78 is 68.0. The lowest BCUT2D eigenvalue weighted by Gasteiger charge is -2.11. The van der Waals surface area contributed by atoms with Gasteiger partial charge in [0, 0.05) is 35.2 Å². The summed E-state index contributed by atoms with van der Waals surface area (Å²) in [6.45, 7) is 2.55. The lowest BCUT2D eigenvalue weighted by Crippen LogP contribution is -2.12. The summed E-state index contributed by atoms with van der Waals surface area (Å²) in [6, 6.07) is 20.1. The summed E-state index contributed by atoms with van der Waals surface area (Å²) in [5, 5.41) is 8.24. The first kappa shape index (κ1) is 27.2. The third-order valence-electron chi connectivity index (χ3n) is 6.71. The Hall–Kier alpha value is -4.97. The molecule has 0 amide bonds. The van der Waals surface area contributed by atoms with Gasteiger partial charge in [-0.3, -0.25) is 4.68 Å². The second kappa shape index (κ2) is 10.5. The van der Waals surface area contributed by atoms with E-state index in [1.807, 2.05) is 48.1 Å². The van der Waals surface area contributed by atoms with Gasteiger partial charge in [0.25, 0.3) is 10.0 Å². The fourth-order valence-corrected chi connectivity index (χ4v) is 5.95. The Morgan fingerprint density at radius 2 is 1.69 bits per heavy atom. The summed E-state index contributed by atoms with van der Waals surface area (Å²) in [7, 11) is -4.12. The molecule has 6 aromatic rings. The molecule has 0 saturated heterocycles. The van der Waals surface area contributed by atoms with Crippen LogP contribution in [-0.4, -0.2) is 32.1 Å². The number of benzene rings is 3. The molecule has 0 radical (unpaired) electrons. The van der Waals surface area contributed by atoms with Crippen LogP contribution in [0.2, 0.25) is 0 Å². The van der Waals surface area contributed by atoms with Crippen LogP contribution in [-0.2, 0) is 22.7 Å². The minimum Gasteiger partial charge on any atom is -0.324 e. The van der Waals surface area contributed by atoms with Crippen LogP contribution in [0.25, 0.3) is 22.2 Å². The predicted octanol–water partition coefficient (Wildman–Crippen LogP) is 6.65. The first-order chi connectivity index (χ1) is 20.1. The second-order valence-corrected chi connectivity index (χ2v) is 11.5. The highest BCUT2D eigenvalue weighted by atomic mass is 32.2. The van der Waals surface area contributed by atoms with Gasteiger partial charge in [-0.25, -0.2) is 22.4 Å². The van der Waals surface area contributed by atoms with Crippen molar-refractivity contribution in [3.8, 4) is 11.3 Å². The third-order valence-corrected chi connectivity index (χ3v) is 8.42. The van der Waals surface area contributed by atoms with E-state index in [-0.39, 0.29) is 4.90 Å². The SMILES string of the molecule is Cc1cnc(Nc2ccc3c(ccn3S(=O)(=O)c3ccc(C(F)(F)F)cc3)c2)nc1-c1cnn(Cc2ccccc2)c1. The minimum absolute atomic E-state index is 0.247. The Kier molecular flexibility index (Phi) is 6.77. The van der Waals surface area contributed by atoms with E-state index in [4.69, 9.17) is 0 Å². The van der Waals surface area contributed by atoms with Crippen molar-refractivity contribution in [2.45, 2.75) is 24.5 Å². The first-order valence-corrected chi connectivity index (χ1v) is 14.2. The zero-order valence-corrected chi connectivity index (χ0v) is 22.9. The topological polar surface area (TPSA) is 94.7 Å². The number of hydrogen-bond donors (Lipinski definition) is 1. The van der Waals surface area contributed by atoms with Crippen molar-refractivity contribution in [1.82, 2.24) is 23.7 Å². The number of alkyl halides is 3. The number of hydrogen-bond acceptors (Lipinski definition) is 6. The lowest BCUT2D eigenvalue weighted by molar-refractivity contribution is -0.137. The molecule has 0 aliphatic carbocycles. The molecule has 12 heteroatoms. The smallest absolute Gasteiger partial charge is 0.324 e. The Balaban J connectivity index is 1.23. The van der Waals surface area contributed by atoms with E-state index in [0.717, 1.165) is 50.6 Å². The molecule has 0 aliphatic heterocycles. The van der Waals surface area contributed by atoms with Crippen molar-refractivity contribution in [2.75, 3.05) is 5.32 Å². The molecule has 3 aromatic heterocycles. The van der Waals surface area contributed by atoms with E-state index in [0.29, 0.717) is 29.1 Å². The number of fused-ring (bicyclic) bond motifs is 1. The first-order valence-electron chi connectivity index (χ1n) is 12.8. The van der Waals surface area contributed by atoms with Gasteiger partial charge < -0.3 is 5.32 Å². The molecule has 6 rings (SSSR count). The zero-order valence-electron chi connectivity index (χ0n) is 22.1. The highest BCUT2D eigenvalue weighted by Crippen LogP contribution is 2.31. The van der Waals surface area contributed by atoms with Crippen LogP contribution in [0.3, 0.4) is 0 Å². The Bertz CT molecular complexity index is 2000. The van der Waals surface area contributed by atoms with Crippen LogP contribution >= 0.6 is 0 Å². The normalized spacial score (nSPS) is 12.1. The highest BCUT2D eigenvalue weighted by molar-refractivity contribution is 7.90. The number of aromatic nitrogens is 5. The van der Waals surface area contributed by atoms with Gasteiger partial charge in [-0.05, 0) is 66.6 Å². The van der Waals surface area contributed by atoms with Gasteiger partial charge in [0.1, 0.15) is 0 Å². The monoisotopic (exact) mass is 588 g/mol.